The first-order valence-electron chi connectivity index (χ1n) is 6.46. The van der Waals surface area contributed by atoms with Crippen molar-refractivity contribution in [3.8, 4) is 5.75 Å². The van der Waals surface area contributed by atoms with Gasteiger partial charge in [0, 0.05) is 13.1 Å². The molecule has 1 aromatic rings. The fraction of sp³-hybridized carbons (Fsp3) is 0.429. The average Bonchev–Trinajstić information content (AvgIpc) is 2.45. The number of amides is 2. The smallest absolute Gasteiger partial charge is 0.234 e. The van der Waals surface area contributed by atoms with Gasteiger partial charge < -0.3 is 15.4 Å². The standard InChI is InChI=1S/C14H19ClN2O3/c1-2-20-12-5-3-11(4-6-12)9-13(18)16-7-8-17-14(19)10-15/h3-6H,2,7-10H2,1H3,(H,16,18)(H,17,19). The van der Waals surface area contributed by atoms with E-state index in [0.29, 0.717) is 26.1 Å². The van der Waals surface area contributed by atoms with Crippen molar-refractivity contribution in [3.63, 3.8) is 0 Å². The van der Waals surface area contributed by atoms with Gasteiger partial charge in [-0.25, -0.2) is 0 Å². The van der Waals surface area contributed by atoms with Crippen LogP contribution in [0.25, 0.3) is 0 Å². The van der Waals surface area contributed by atoms with Gasteiger partial charge in [0.2, 0.25) is 11.8 Å². The number of ether oxygens (including phenoxy) is 1. The maximum Gasteiger partial charge on any atom is 0.234 e. The Kier molecular flexibility index (Phi) is 7.50. The average molecular weight is 299 g/mol. The Morgan fingerprint density at radius 1 is 1.10 bits per heavy atom. The van der Waals surface area contributed by atoms with E-state index in [1.54, 1.807) is 0 Å². The monoisotopic (exact) mass is 298 g/mol. The molecule has 0 saturated heterocycles. The maximum atomic E-state index is 11.7. The van der Waals surface area contributed by atoms with Crippen LogP contribution in [0.1, 0.15) is 12.5 Å². The van der Waals surface area contributed by atoms with Crippen LogP contribution in [0.2, 0.25) is 0 Å². The highest BCUT2D eigenvalue weighted by atomic mass is 35.5. The molecule has 5 nitrogen and oxygen atoms in total. The van der Waals surface area contributed by atoms with E-state index in [-0.39, 0.29) is 17.7 Å². The molecule has 1 rings (SSSR count). The molecule has 0 aliphatic carbocycles. The third kappa shape index (κ3) is 6.43. The topological polar surface area (TPSA) is 67.4 Å². The number of alkyl halides is 1. The van der Waals surface area contributed by atoms with E-state index in [0.717, 1.165) is 11.3 Å². The molecule has 0 bridgehead atoms. The highest BCUT2D eigenvalue weighted by Gasteiger charge is 2.03. The van der Waals surface area contributed by atoms with Gasteiger partial charge in [0.05, 0.1) is 13.0 Å². The van der Waals surface area contributed by atoms with Gasteiger partial charge in [-0.1, -0.05) is 12.1 Å². The predicted molar refractivity (Wildman–Crippen MR) is 78.1 cm³/mol. The van der Waals surface area contributed by atoms with Crippen LogP contribution < -0.4 is 15.4 Å². The van der Waals surface area contributed by atoms with Gasteiger partial charge in [0.25, 0.3) is 0 Å². The number of hydrogen-bond donors (Lipinski definition) is 2. The van der Waals surface area contributed by atoms with Crippen LogP contribution >= 0.6 is 11.6 Å². The van der Waals surface area contributed by atoms with E-state index in [1.807, 2.05) is 31.2 Å². The predicted octanol–water partition coefficient (Wildman–Crippen LogP) is 1.10. The zero-order valence-corrected chi connectivity index (χ0v) is 12.2. The fourth-order valence-corrected chi connectivity index (χ4v) is 1.66. The number of hydrogen-bond acceptors (Lipinski definition) is 3. The van der Waals surface area contributed by atoms with E-state index < -0.39 is 0 Å². The second-order valence-corrected chi connectivity index (χ2v) is 4.35. The lowest BCUT2D eigenvalue weighted by Gasteiger charge is -2.07. The second kappa shape index (κ2) is 9.20. The summed E-state index contributed by atoms with van der Waals surface area (Å²) in [4.78, 5) is 22.5. The van der Waals surface area contributed by atoms with Crippen LogP contribution in [-0.4, -0.2) is 37.4 Å². The summed E-state index contributed by atoms with van der Waals surface area (Å²) in [5.74, 6) is 0.391. The normalized spacial score (nSPS) is 9.90. The number of carbonyl (C=O) groups excluding carboxylic acids is 2. The molecule has 20 heavy (non-hydrogen) atoms. The van der Waals surface area contributed by atoms with Crippen molar-refractivity contribution in [2.75, 3.05) is 25.6 Å². The molecule has 0 aliphatic rings. The Balaban J connectivity index is 2.26. The third-order valence-corrected chi connectivity index (χ3v) is 2.73. The quantitative estimate of drug-likeness (QED) is 0.558. The van der Waals surface area contributed by atoms with Crippen LogP contribution in [-0.2, 0) is 16.0 Å². The van der Waals surface area contributed by atoms with E-state index in [1.165, 1.54) is 0 Å². The zero-order chi connectivity index (χ0) is 14.8. The van der Waals surface area contributed by atoms with Crippen LogP contribution in [0.5, 0.6) is 5.75 Å². The summed E-state index contributed by atoms with van der Waals surface area (Å²) >= 11 is 5.33. The second-order valence-electron chi connectivity index (χ2n) is 4.09. The van der Waals surface area contributed by atoms with E-state index in [2.05, 4.69) is 10.6 Å². The molecule has 0 fully saturated rings. The molecule has 0 saturated carbocycles. The van der Waals surface area contributed by atoms with Gasteiger partial charge in [-0.2, -0.15) is 0 Å². The highest BCUT2D eigenvalue weighted by Crippen LogP contribution is 2.12. The Labute approximate surface area is 123 Å². The molecule has 0 atom stereocenters. The Morgan fingerprint density at radius 2 is 1.70 bits per heavy atom. The molecular formula is C14H19ClN2O3. The summed E-state index contributed by atoms with van der Waals surface area (Å²) < 4.78 is 5.33. The number of halogens is 1. The number of nitrogens with one attached hydrogen (secondary N) is 2. The zero-order valence-electron chi connectivity index (χ0n) is 11.4. The van der Waals surface area contributed by atoms with Crippen molar-refractivity contribution in [1.82, 2.24) is 10.6 Å². The number of benzene rings is 1. The van der Waals surface area contributed by atoms with Gasteiger partial charge in [-0.15, -0.1) is 11.6 Å². The minimum Gasteiger partial charge on any atom is -0.494 e. The first kappa shape index (κ1) is 16.3. The van der Waals surface area contributed by atoms with Crippen molar-refractivity contribution in [3.05, 3.63) is 29.8 Å². The summed E-state index contributed by atoms with van der Waals surface area (Å²) in [6.07, 6.45) is 0.301. The molecule has 0 heterocycles. The first-order chi connectivity index (χ1) is 9.65. The van der Waals surface area contributed by atoms with Gasteiger partial charge in [0.15, 0.2) is 0 Å². The van der Waals surface area contributed by atoms with Crippen molar-refractivity contribution in [2.24, 2.45) is 0 Å². The van der Waals surface area contributed by atoms with E-state index in [9.17, 15) is 9.59 Å². The molecule has 0 aromatic heterocycles. The summed E-state index contributed by atoms with van der Waals surface area (Å²) in [5.41, 5.74) is 0.913. The maximum absolute atomic E-state index is 11.7. The number of rotatable bonds is 8. The number of carbonyl (C=O) groups is 2. The van der Waals surface area contributed by atoms with E-state index >= 15 is 0 Å². The fourth-order valence-electron chi connectivity index (χ4n) is 1.57. The summed E-state index contributed by atoms with van der Waals surface area (Å²) in [5, 5.41) is 5.29. The van der Waals surface area contributed by atoms with Crippen LogP contribution in [0.4, 0.5) is 0 Å². The summed E-state index contributed by atoms with van der Waals surface area (Å²) in [6.45, 7) is 3.30. The molecule has 0 radical (unpaired) electrons. The first-order valence-corrected chi connectivity index (χ1v) is 7.00. The van der Waals surface area contributed by atoms with Crippen LogP contribution in [0.3, 0.4) is 0 Å². The van der Waals surface area contributed by atoms with Gasteiger partial charge in [0.1, 0.15) is 11.6 Å². The van der Waals surface area contributed by atoms with Gasteiger partial charge in [-0.3, -0.25) is 9.59 Å². The largest absolute Gasteiger partial charge is 0.494 e. The molecule has 6 heteroatoms. The molecular weight excluding hydrogens is 280 g/mol. The lowest BCUT2D eigenvalue weighted by molar-refractivity contribution is -0.121. The highest BCUT2D eigenvalue weighted by molar-refractivity contribution is 6.27. The Bertz CT molecular complexity index is 435. The lowest BCUT2D eigenvalue weighted by atomic mass is 10.1. The SMILES string of the molecule is CCOc1ccc(CC(=O)NCCNC(=O)CCl)cc1. The molecule has 0 aliphatic heterocycles. The molecule has 110 valence electrons. The molecule has 2 N–H and O–H groups in total. The minimum absolute atomic E-state index is 0.0693. The minimum atomic E-state index is -0.243. The van der Waals surface area contributed by atoms with Crippen molar-refractivity contribution in [1.29, 1.82) is 0 Å². The van der Waals surface area contributed by atoms with Crippen molar-refractivity contribution >= 4 is 23.4 Å². The third-order valence-electron chi connectivity index (χ3n) is 2.49. The van der Waals surface area contributed by atoms with Gasteiger partial charge in [-0.05, 0) is 24.6 Å². The van der Waals surface area contributed by atoms with Crippen LogP contribution in [0, 0.1) is 0 Å². The summed E-state index contributed by atoms with van der Waals surface area (Å²) in [6, 6.07) is 7.40. The molecule has 1 aromatic carbocycles. The molecule has 0 spiro atoms. The Morgan fingerprint density at radius 3 is 2.25 bits per heavy atom. The van der Waals surface area contributed by atoms with Crippen molar-refractivity contribution < 1.29 is 14.3 Å². The lowest BCUT2D eigenvalue weighted by Crippen LogP contribution is -2.35. The molecule has 0 unspecified atom stereocenters. The van der Waals surface area contributed by atoms with E-state index in [4.69, 9.17) is 16.3 Å². The Hall–Kier alpha value is -1.75. The van der Waals surface area contributed by atoms with Crippen LogP contribution in [0.15, 0.2) is 24.3 Å². The van der Waals surface area contributed by atoms with Crippen molar-refractivity contribution in [2.45, 2.75) is 13.3 Å². The van der Waals surface area contributed by atoms with Gasteiger partial charge >= 0.3 is 0 Å². The summed E-state index contributed by atoms with van der Waals surface area (Å²) in [7, 11) is 0. The molecule has 2 amide bonds.